The Morgan fingerprint density at radius 3 is 2.67 bits per heavy atom. The van der Waals surface area contributed by atoms with E-state index in [2.05, 4.69) is 0 Å². The molecule has 130 valence electrons. The van der Waals surface area contributed by atoms with Gasteiger partial charge in [0.1, 0.15) is 5.82 Å². The molecule has 1 aliphatic heterocycles. The van der Waals surface area contributed by atoms with Crippen LogP contribution in [0.15, 0.2) is 24.3 Å². The minimum atomic E-state index is -0.945. The molecule has 1 saturated heterocycles. The third kappa shape index (κ3) is 3.15. The molecule has 1 atom stereocenters. The van der Waals surface area contributed by atoms with Crippen LogP contribution in [0.3, 0.4) is 0 Å². The molecule has 0 radical (unpaired) electrons. The number of hydrogen-bond acceptors (Lipinski definition) is 3. The number of carbonyl (C=O) groups is 2. The fourth-order valence-electron chi connectivity index (χ4n) is 3.95. The average Bonchev–Trinajstić information content (AvgIpc) is 3.05. The smallest absolute Gasteiger partial charge is 0.306 e. The average molecular weight is 335 g/mol. The molecule has 2 fully saturated rings. The van der Waals surface area contributed by atoms with Gasteiger partial charge in [-0.1, -0.05) is 31.0 Å². The monoisotopic (exact) mass is 335 g/mol. The summed E-state index contributed by atoms with van der Waals surface area (Å²) >= 11 is 0. The molecule has 0 spiro atoms. The molecule has 24 heavy (non-hydrogen) atoms. The van der Waals surface area contributed by atoms with Crippen LogP contribution < -0.4 is 0 Å². The molecule has 0 aromatic heterocycles. The van der Waals surface area contributed by atoms with Gasteiger partial charge in [-0.05, 0) is 18.9 Å². The molecule has 1 aliphatic carbocycles. The number of aliphatic carboxylic acids is 1. The van der Waals surface area contributed by atoms with Crippen molar-refractivity contribution in [1.29, 1.82) is 0 Å². The Balaban J connectivity index is 1.85. The van der Waals surface area contributed by atoms with Gasteiger partial charge in [0.05, 0.1) is 24.5 Å². The largest absolute Gasteiger partial charge is 0.481 e. The summed E-state index contributed by atoms with van der Waals surface area (Å²) in [6, 6.07) is 6.49. The van der Waals surface area contributed by atoms with E-state index in [4.69, 9.17) is 9.84 Å². The molecule has 6 heteroatoms. The van der Waals surface area contributed by atoms with E-state index in [-0.39, 0.29) is 24.7 Å². The first-order valence-corrected chi connectivity index (χ1v) is 8.41. The maximum absolute atomic E-state index is 14.4. The molecule has 0 bridgehead atoms. The number of nitrogens with zero attached hydrogens (tertiary/aromatic N) is 1. The third-order valence-corrected chi connectivity index (χ3v) is 5.08. The molecule has 1 heterocycles. The van der Waals surface area contributed by atoms with E-state index in [1.165, 1.54) is 6.07 Å². The number of rotatable bonds is 4. The summed E-state index contributed by atoms with van der Waals surface area (Å²) in [6.07, 6.45) is 2.42. The second kappa shape index (κ2) is 6.89. The number of carbonyl (C=O) groups excluding carboxylic acids is 1. The third-order valence-electron chi connectivity index (χ3n) is 5.08. The van der Waals surface area contributed by atoms with Gasteiger partial charge < -0.3 is 14.7 Å². The first kappa shape index (κ1) is 16.9. The van der Waals surface area contributed by atoms with Crippen LogP contribution in [-0.2, 0) is 19.7 Å². The zero-order chi connectivity index (χ0) is 17.2. The van der Waals surface area contributed by atoms with Crippen LogP contribution in [0, 0.1) is 5.82 Å². The first-order valence-electron chi connectivity index (χ1n) is 8.41. The second-order valence-corrected chi connectivity index (χ2v) is 6.61. The van der Waals surface area contributed by atoms with Gasteiger partial charge in [0.15, 0.2) is 0 Å². The highest BCUT2D eigenvalue weighted by molar-refractivity contribution is 5.89. The number of hydrogen-bond donors (Lipinski definition) is 1. The number of ether oxygens (including phenoxy) is 1. The van der Waals surface area contributed by atoms with Gasteiger partial charge in [0.25, 0.3) is 0 Å². The maximum Gasteiger partial charge on any atom is 0.306 e. The number of morpholine rings is 1. The van der Waals surface area contributed by atoms with E-state index in [1.807, 2.05) is 0 Å². The van der Waals surface area contributed by atoms with E-state index >= 15 is 0 Å². The lowest BCUT2D eigenvalue weighted by atomic mass is 9.77. The number of carboxylic acid groups (broad SMARTS) is 1. The number of carboxylic acids is 1. The van der Waals surface area contributed by atoms with Crippen molar-refractivity contribution in [3.63, 3.8) is 0 Å². The number of benzene rings is 1. The van der Waals surface area contributed by atoms with E-state index in [0.29, 0.717) is 31.6 Å². The highest BCUT2D eigenvalue weighted by Crippen LogP contribution is 2.43. The Kier molecular flexibility index (Phi) is 4.85. The lowest BCUT2D eigenvalue weighted by molar-refractivity contribution is -0.151. The predicted octanol–water partition coefficient (Wildman–Crippen LogP) is 2.34. The summed E-state index contributed by atoms with van der Waals surface area (Å²) in [5.74, 6) is -1.38. The van der Waals surface area contributed by atoms with Crippen molar-refractivity contribution < 1.29 is 23.8 Å². The standard InChI is InChI=1S/C18H22FNO4/c19-15-6-2-1-5-14(15)18(7-3-4-8-18)17(23)20-9-10-24-13(12-20)11-16(21)22/h1-2,5-6,13H,3-4,7-12H2,(H,21,22). The topological polar surface area (TPSA) is 66.8 Å². The SMILES string of the molecule is O=C(O)CC1CN(C(=O)C2(c3ccccc3F)CCCC2)CCO1. The van der Waals surface area contributed by atoms with Crippen molar-refractivity contribution in [3.05, 3.63) is 35.6 Å². The first-order chi connectivity index (χ1) is 11.5. The molecule has 1 saturated carbocycles. The Bertz CT molecular complexity index is 627. The van der Waals surface area contributed by atoms with E-state index < -0.39 is 17.5 Å². The summed E-state index contributed by atoms with van der Waals surface area (Å²) < 4.78 is 19.8. The fourth-order valence-corrected chi connectivity index (χ4v) is 3.95. The number of amides is 1. The molecule has 1 amide bonds. The van der Waals surface area contributed by atoms with Crippen LogP contribution in [0.25, 0.3) is 0 Å². The molecule has 2 aliphatic rings. The maximum atomic E-state index is 14.4. The van der Waals surface area contributed by atoms with Crippen molar-refractivity contribution in [2.24, 2.45) is 0 Å². The Labute approximate surface area is 140 Å². The Hall–Kier alpha value is -1.95. The summed E-state index contributed by atoms with van der Waals surface area (Å²) in [4.78, 5) is 25.8. The molecular weight excluding hydrogens is 313 g/mol. The van der Waals surface area contributed by atoms with Crippen molar-refractivity contribution >= 4 is 11.9 Å². The van der Waals surface area contributed by atoms with Gasteiger partial charge in [0, 0.05) is 18.7 Å². The van der Waals surface area contributed by atoms with Crippen LogP contribution in [0.4, 0.5) is 4.39 Å². The van der Waals surface area contributed by atoms with E-state index in [9.17, 15) is 14.0 Å². The zero-order valence-corrected chi connectivity index (χ0v) is 13.5. The highest BCUT2D eigenvalue weighted by Gasteiger charge is 2.47. The molecule has 5 nitrogen and oxygen atoms in total. The zero-order valence-electron chi connectivity index (χ0n) is 13.5. The summed E-state index contributed by atoms with van der Waals surface area (Å²) in [6.45, 7) is 0.990. The van der Waals surface area contributed by atoms with Gasteiger partial charge in [-0.2, -0.15) is 0 Å². The van der Waals surface area contributed by atoms with Gasteiger partial charge >= 0.3 is 5.97 Å². The highest BCUT2D eigenvalue weighted by atomic mass is 19.1. The minimum absolute atomic E-state index is 0.0937. The van der Waals surface area contributed by atoms with Gasteiger partial charge in [-0.25, -0.2) is 4.39 Å². The van der Waals surface area contributed by atoms with Crippen molar-refractivity contribution in [2.45, 2.75) is 43.6 Å². The van der Waals surface area contributed by atoms with Crippen LogP contribution in [-0.4, -0.2) is 47.7 Å². The van der Waals surface area contributed by atoms with Gasteiger partial charge in [-0.3, -0.25) is 9.59 Å². The summed E-state index contributed by atoms with van der Waals surface area (Å²) in [5, 5.41) is 8.93. The predicted molar refractivity (Wildman–Crippen MR) is 85.1 cm³/mol. The minimum Gasteiger partial charge on any atom is -0.481 e. The molecule has 1 N–H and O–H groups in total. The van der Waals surface area contributed by atoms with Crippen LogP contribution in [0.5, 0.6) is 0 Å². The quantitative estimate of drug-likeness (QED) is 0.917. The lowest BCUT2D eigenvalue weighted by Gasteiger charge is -2.39. The molecular formula is C18H22FNO4. The Morgan fingerprint density at radius 2 is 2.00 bits per heavy atom. The van der Waals surface area contributed by atoms with E-state index in [0.717, 1.165) is 12.8 Å². The van der Waals surface area contributed by atoms with Crippen LogP contribution in [0.1, 0.15) is 37.7 Å². The lowest BCUT2D eigenvalue weighted by Crippen LogP contribution is -2.53. The van der Waals surface area contributed by atoms with Crippen molar-refractivity contribution in [2.75, 3.05) is 19.7 Å². The molecule has 1 aromatic carbocycles. The van der Waals surface area contributed by atoms with Crippen LogP contribution in [0.2, 0.25) is 0 Å². The summed E-state index contributed by atoms with van der Waals surface area (Å²) in [5.41, 5.74) is -0.356. The van der Waals surface area contributed by atoms with Gasteiger partial charge in [-0.15, -0.1) is 0 Å². The van der Waals surface area contributed by atoms with Crippen LogP contribution >= 0.6 is 0 Å². The van der Waals surface area contributed by atoms with E-state index in [1.54, 1.807) is 23.1 Å². The fraction of sp³-hybridized carbons (Fsp3) is 0.556. The van der Waals surface area contributed by atoms with Crippen molar-refractivity contribution in [1.82, 2.24) is 4.90 Å². The summed E-state index contributed by atoms with van der Waals surface area (Å²) in [7, 11) is 0. The second-order valence-electron chi connectivity index (χ2n) is 6.61. The molecule has 1 unspecified atom stereocenters. The van der Waals surface area contributed by atoms with Crippen molar-refractivity contribution in [3.8, 4) is 0 Å². The number of halogens is 1. The Morgan fingerprint density at radius 1 is 1.29 bits per heavy atom. The molecule has 1 aromatic rings. The molecule has 3 rings (SSSR count). The van der Waals surface area contributed by atoms with Gasteiger partial charge in [0.2, 0.25) is 5.91 Å². The normalized spacial score (nSPS) is 23.2.